The molecule has 0 radical (unpaired) electrons. The number of nitrogens with zero attached hydrogens (tertiary/aromatic N) is 1. The Kier molecular flexibility index (Phi) is 4.38. The summed E-state index contributed by atoms with van der Waals surface area (Å²) in [6, 6.07) is 23.1. The Morgan fingerprint density at radius 3 is 2.26 bits per heavy atom. The molecule has 3 aromatic carbocycles. The molecule has 0 aromatic heterocycles. The number of ether oxygens (including phenoxy) is 2. The molecular formula is C23H19NO3. The van der Waals surface area contributed by atoms with Crippen LogP contribution in [-0.2, 0) is 4.79 Å². The predicted molar refractivity (Wildman–Crippen MR) is 107 cm³/mol. The number of carbonyl (C=O) groups excluding carboxylic acids is 1. The Balaban J connectivity index is 1.82. The van der Waals surface area contributed by atoms with E-state index in [0.717, 1.165) is 22.5 Å². The van der Waals surface area contributed by atoms with E-state index in [1.165, 1.54) is 0 Å². The average Bonchev–Trinajstić information content (AvgIpc) is 3.00. The van der Waals surface area contributed by atoms with Crippen LogP contribution in [0.5, 0.6) is 11.5 Å². The van der Waals surface area contributed by atoms with Crippen LogP contribution in [0.1, 0.15) is 11.1 Å². The van der Waals surface area contributed by atoms with Crippen molar-refractivity contribution in [2.45, 2.75) is 0 Å². The molecule has 27 heavy (non-hydrogen) atoms. The van der Waals surface area contributed by atoms with Crippen LogP contribution in [0.25, 0.3) is 11.6 Å². The first-order chi connectivity index (χ1) is 13.2. The topological polar surface area (TPSA) is 38.8 Å². The maximum atomic E-state index is 13.2. The van der Waals surface area contributed by atoms with Crippen molar-refractivity contribution in [3.8, 4) is 11.5 Å². The van der Waals surface area contributed by atoms with Crippen molar-refractivity contribution < 1.29 is 14.3 Å². The van der Waals surface area contributed by atoms with E-state index in [1.807, 2.05) is 78.9 Å². The third-order valence-corrected chi connectivity index (χ3v) is 4.60. The average molecular weight is 357 g/mol. The van der Waals surface area contributed by atoms with Crippen LogP contribution in [-0.4, -0.2) is 20.1 Å². The lowest BCUT2D eigenvalue weighted by molar-refractivity contribution is -0.112. The Morgan fingerprint density at radius 2 is 1.52 bits per heavy atom. The normalized spacial score (nSPS) is 14.4. The van der Waals surface area contributed by atoms with Crippen molar-refractivity contribution >= 4 is 28.9 Å². The second-order valence-electron chi connectivity index (χ2n) is 6.17. The van der Waals surface area contributed by atoms with E-state index in [1.54, 1.807) is 19.1 Å². The Morgan fingerprint density at radius 1 is 0.815 bits per heavy atom. The lowest BCUT2D eigenvalue weighted by Gasteiger charge is -2.16. The number of para-hydroxylation sites is 2. The number of methoxy groups -OCH3 is 2. The van der Waals surface area contributed by atoms with Gasteiger partial charge in [-0.25, -0.2) is 0 Å². The molecule has 4 rings (SSSR count). The second kappa shape index (κ2) is 7.00. The van der Waals surface area contributed by atoms with Crippen molar-refractivity contribution in [3.63, 3.8) is 0 Å². The third-order valence-electron chi connectivity index (χ3n) is 4.60. The fraction of sp³-hybridized carbons (Fsp3) is 0.0870. The summed E-state index contributed by atoms with van der Waals surface area (Å²) >= 11 is 0. The van der Waals surface area contributed by atoms with Crippen LogP contribution in [0, 0.1) is 0 Å². The number of amides is 1. The number of fused-ring (bicyclic) bond motifs is 1. The predicted octanol–water partition coefficient (Wildman–Crippen LogP) is 4.92. The van der Waals surface area contributed by atoms with Crippen molar-refractivity contribution in [2.24, 2.45) is 0 Å². The van der Waals surface area contributed by atoms with Gasteiger partial charge in [0.25, 0.3) is 5.91 Å². The van der Waals surface area contributed by atoms with Gasteiger partial charge in [0.05, 0.1) is 25.5 Å². The first kappa shape index (κ1) is 16.9. The van der Waals surface area contributed by atoms with Gasteiger partial charge in [-0.05, 0) is 42.0 Å². The van der Waals surface area contributed by atoms with Crippen molar-refractivity contribution in [1.82, 2.24) is 0 Å². The van der Waals surface area contributed by atoms with Crippen LogP contribution in [0.3, 0.4) is 0 Å². The molecule has 0 fully saturated rings. The van der Waals surface area contributed by atoms with E-state index in [-0.39, 0.29) is 5.91 Å². The van der Waals surface area contributed by atoms with Crippen LogP contribution >= 0.6 is 0 Å². The van der Waals surface area contributed by atoms with Crippen LogP contribution in [0.4, 0.5) is 11.4 Å². The summed E-state index contributed by atoms with van der Waals surface area (Å²) in [6.45, 7) is 0. The molecule has 4 heteroatoms. The molecule has 0 spiro atoms. The van der Waals surface area contributed by atoms with Gasteiger partial charge < -0.3 is 9.47 Å². The first-order valence-corrected chi connectivity index (χ1v) is 8.65. The summed E-state index contributed by atoms with van der Waals surface area (Å²) in [5, 5.41) is 0. The molecule has 0 N–H and O–H groups in total. The van der Waals surface area contributed by atoms with E-state index >= 15 is 0 Å². The summed E-state index contributed by atoms with van der Waals surface area (Å²) in [5.41, 5.74) is 4.19. The summed E-state index contributed by atoms with van der Waals surface area (Å²) in [4.78, 5) is 15.0. The molecule has 1 aliphatic rings. The van der Waals surface area contributed by atoms with Gasteiger partial charge in [0.15, 0.2) is 11.5 Å². The molecular weight excluding hydrogens is 338 g/mol. The van der Waals surface area contributed by atoms with Crippen LogP contribution in [0.2, 0.25) is 0 Å². The smallest absolute Gasteiger partial charge is 0.263 e. The Labute approximate surface area is 158 Å². The Bertz CT molecular complexity index is 1020. The molecule has 0 aliphatic carbocycles. The monoisotopic (exact) mass is 357 g/mol. The van der Waals surface area contributed by atoms with E-state index < -0.39 is 0 Å². The number of hydrogen-bond acceptors (Lipinski definition) is 3. The third kappa shape index (κ3) is 2.95. The standard InChI is InChI=1S/C23H19NO3/c1-26-21-13-12-16(15-22(21)27-2)14-19-18-10-6-7-11-20(18)24(23(19)25)17-8-4-3-5-9-17/h3-15H,1-2H3/b19-14+. The van der Waals surface area contributed by atoms with Gasteiger partial charge >= 0.3 is 0 Å². The highest BCUT2D eigenvalue weighted by Gasteiger charge is 2.33. The molecule has 1 heterocycles. The molecule has 0 saturated carbocycles. The minimum absolute atomic E-state index is 0.0443. The molecule has 0 atom stereocenters. The molecule has 0 unspecified atom stereocenters. The van der Waals surface area contributed by atoms with E-state index in [0.29, 0.717) is 17.1 Å². The quantitative estimate of drug-likeness (QED) is 0.622. The summed E-state index contributed by atoms with van der Waals surface area (Å²) < 4.78 is 10.7. The largest absolute Gasteiger partial charge is 0.493 e. The molecule has 134 valence electrons. The van der Waals surface area contributed by atoms with Crippen molar-refractivity contribution in [2.75, 3.05) is 19.1 Å². The van der Waals surface area contributed by atoms with Crippen LogP contribution < -0.4 is 14.4 Å². The highest BCUT2D eigenvalue weighted by molar-refractivity contribution is 6.37. The zero-order valence-electron chi connectivity index (χ0n) is 15.2. The fourth-order valence-electron chi connectivity index (χ4n) is 3.32. The van der Waals surface area contributed by atoms with Gasteiger partial charge in [0.1, 0.15) is 0 Å². The van der Waals surface area contributed by atoms with Gasteiger partial charge in [0, 0.05) is 11.3 Å². The minimum Gasteiger partial charge on any atom is -0.493 e. The second-order valence-corrected chi connectivity index (χ2v) is 6.17. The number of hydrogen-bond donors (Lipinski definition) is 0. The molecule has 3 aromatic rings. The SMILES string of the molecule is COc1ccc(/C=C2/C(=O)N(c3ccccc3)c3ccccc32)cc1OC. The van der Waals surface area contributed by atoms with Gasteiger partial charge in [-0.2, -0.15) is 0 Å². The number of benzene rings is 3. The first-order valence-electron chi connectivity index (χ1n) is 8.65. The number of carbonyl (C=O) groups is 1. The van der Waals surface area contributed by atoms with Crippen molar-refractivity contribution in [1.29, 1.82) is 0 Å². The Hall–Kier alpha value is -3.53. The molecule has 4 nitrogen and oxygen atoms in total. The maximum Gasteiger partial charge on any atom is 0.263 e. The highest BCUT2D eigenvalue weighted by atomic mass is 16.5. The van der Waals surface area contributed by atoms with Gasteiger partial charge in [0.2, 0.25) is 0 Å². The number of rotatable bonds is 4. The zero-order valence-corrected chi connectivity index (χ0v) is 15.2. The van der Waals surface area contributed by atoms with Crippen LogP contribution in [0.15, 0.2) is 72.8 Å². The maximum absolute atomic E-state index is 13.2. The van der Waals surface area contributed by atoms with Crippen molar-refractivity contribution in [3.05, 3.63) is 83.9 Å². The van der Waals surface area contributed by atoms with E-state index in [4.69, 9.17) is 9.47 Å². The van der Waals surface area contributed by atoms with E-state index in [9.17, 15) is 4.79 Å². The van der Waals surface area contributed by atoms with Gasteiger partial charge in [-0.15, -0.1) is 0 Å². The molecule has 1 amide bonds. The summed E-state index contributed by atoms with van der Waals surface area (Å²) in [7, 11) is 3.20. The number of anilines is 2. The molecule has 1 aliphatic heterocycles. The van der Waals surface area contributed by atoms with Gasteiger partial charge in [-0.1, -0.05) is 42.5 Å². The van der Waals surface area contributed by atoms with Gasteiger partial charge in [-0.3, -0.25) is 9.69 Å². The van der Waals surface area contributed by atoms with E-state index in [2.05, 4.69) is 0 Å². The molecule has 0 saturated heterocycles. The lowest BCUT2D eigenvalue weighted by Crippen LogP contribution is -2.20. The lowest BCUT2D eigenvalue weighted by atomic mass is 10.0. The molecule has 0 bridgehead atoms. The summed E-state index contributed by atoms with van der Waals surface area (Å²) in [6.07, 6.45) is 1.89. The highest BCUT2D eigenvalue weighted by Crippen LogP contribution is 2.42. The fourth-order valence-corrected chi connectivity index (χ4v) is 3.32. The summed E-state index contributed by atoms with van der Waals surface area (Å²) in [5.74, 6) is 1.24. The minimum atomic E-state index is -0.0443. The zero-order chi connectivity index (χ0) is 18.8.